The lowest BCUT2D eigenvalue weighted by atomic mass is 10.1. The van der Waals surface area contributed by atoms with Gasteiger partial charge in [-0.15, -0.1) is 0 Å². The summed E-state index contributed by atoms with van der Waals surface area (Å²) in [5.41, 5.74) is 6.87. The van der Waals surface area contributed by atoms with Gasteiger partial charge in [0.2, 0.25) is 0 Å². The third-order valence-corrected chi connectivity index (χ3v) is 3.38. The Balaban J connectivity index is 2.13. The fraction of sp³-hybridized carbons (Fsp3) is 0.250. The Morgan fingerprint density at radius 1 is 1.10 bits per heavy atom. The van der Waals surface area contributed by atoms with Crippen LogP contribution in [0.3, 0.4) is 0 Å². The van der Waals surface area contributed by atoms with Crippen LogP contribution >= 0.6 is 15.9 Å². The molecule has 4 heteroatoms. The molecule has 0 spiro atoms. The molecule has 0 fully saturated rings. The number of hydrogen-bond donors (Lipinski definition) is 1. The van der Waals surface area contributed by atoms with Crippen molar-refractivity contribution in [3.8, 4) is 11.5 Å². The topological polar surface area (TPSA) is 44.5 Å². The van der Waals surface area contributed by atoms with Crippen LogP contribution in [0.15, 0.2) is 53.0 Å². The van der Waals surface area contributed by atoms with Gasteiger partial charge in [0.1, 0.15) is 17.6 Å². The maximum atomic E-state index is 5.96. The fourth-order valence-corrected chi connectivity index (χ4v) is 2.16. The van der Waals surface area contributed by atoms with Crippen LogP contribution in [0.2, 0.25) is 0 Å². The van der Waals surface area contributed by atoms with Crippen molar-refractivity contribution in [1.82, 2.24) is 0 Å². The van der Waals surface area contributed by atoms with E-state index in [1.165, 1.54) is 0 Å². The molecule has 0 amide bonds. The lowest BCUT2D eigenvalue weighted by molar-refractivity contribution is 0.213. The molecule has 0 saturated carbocycles. The van der Waals surface area contributed by atoms with Gasteiger partial charge in [0.05, 0.1) is 6.61 Å². The van der Waals surface area contributed by atoms with Crippen molar-refractivity contribution in [3.05, 3.63) is 58.6 Å². The minimum atomic E-state index is -0.167. The van der Waals surface area contributed by atoms with E-state index in [0.29, 0.717) is 13.2 Å². The first-order valence-electron chi connectivity index (χ1n) is 6.58. The average Bonchev–Trinajstić information content (AvgIpc) is 2.47. The van der Waals surface area contributed by atoms with E-state index in [2.05, 4.69) is 15.9 Å². The second kappa shape index (κ2) is 7.31. The Labute approximate surface area is 127 Å². The van der Waals surface area contributed by atoms with Crippen LogP contribution in [0.25, 0.3) is 0 Å². The van der Waals surface area contributed by atoms with Gasteiger partial charge in [-0.25, -0.2) is 0 Å². The van der Waals surface area contributed by atoms with Crippen molar-refractivity contribution >= 4 is 15.9 Å². The molecule has 2 N–H and O–H groups in total. The van der Waals surface area contributed by atoms with E-state index >= 15 is 0 Å². The molecule has 1 unspecified atom stereocenters. The number of hydrogen-bond acceptors (Lipinski definition) is 3. The summed E-state index contributed by atoms with van der Waals surface area (Å²) >= 11 is 3.42. The van der Waals surface area contributed by atoms with E-state index < -0.39 is 0 Å². The summed E-state index contributed by atoms with van der Waals surface area (Å²) in [6.07, 6.45) is -0.167. The van der Waals surface area contributed by atoms with Gasteiger partial charge in [0.15, 0.2) is 0 Å². The maximum absolute atomic E-state index is 5.96. The zero-order valence-electron chi connectivity index (χ0n) is 11.4. The summed E-state index contributed by atoms with van der Waals surface area (Å²) in [4.78, 5) is 0. The number of ether oxygens (including phenoxy) is 2. The van der Waals surface area contributed by atoms with Gasteiger partial charge < -0.3 is 15.2 Å². The molecule has 2 aromatic carbocycles. The van der Waals surface area contributed by atoms with Crippen LogP contribution < -0.4 is 15.2 Å². The van der Waals surface area contributed by atoms with Gasteiger partial charge >= 0.3 is 0 Å². The summed E-state index contributed by atoms with van der Waals surface area (Å²) in [6.45, 7) is 3.01. The van der Waals surface area contributed by atoms with Crippen molar-refractivity contribution in [2.75, 3.05) is 13.2 Å². The fourth-order valence-electron chi connectivity index (χ4n) is 1.90. The predicted octanol–water partition coefficient (Wildman–Crippen LogP) is 3.93. The smallest absolute Gasteiger partial charge is 0.136 e. The van der Waals surface area contributed by atoms with Crippen LogP contribution in [0.4, 0.5) is 0 Å². The predicted molar refractivity (Wildman–Crippen MR) is 84.2 cm³/mol. The molecule has 106 valence electrons. The Morgan fingerprint density at radius 3 is 2.45 bits per heavy atom. The molecule has 1 atom stereocenters. The standard InChI is InChI=1S/C16H18BrNO2/c1-2-19-14-4-3-5-15(10-14)20-16(11-18)12-6-8-13(17)9-7-12/h3-10,16H,2,11,18H2,1H3. The summed E-state index contributed by atoms with van der Waals surface area (Å²) < 4.78 is 12.5. The van der Waals surface area contributed by atoms with Crippen molar-refractivity contribution in [2.24, 2.45) is 5.73 Å². The van der Waals surface area contributed by atoms with Gasteiger partial charge in [-0.2, -0.15) is 0 Å². The zero-order chi connectivity index (χ0) is 14.4. The Hall–Kier alpha value is -1.52. The van der Waals surface area contributed by atoms with Gasteiger partial charge in [-0.1, -0.05) is 34.1 Å². The molecular weight excluding hydrogens is 318 g/mol. The molecule has 2 aromatic rings. The Morgan fingerprint density at radius 2 is 1.80 bits per heavy atom. The highest BCUT2D eigenvalue weighted by atomic mass is 79.9. The SMILES string of the molecule is CCOc1cccc(OC(CN)c2ccc(Br)cc2)c1. The van der Waals surface area contributed by atoms with E-state index in [1.54, 1.807) is 0 Å². The molecule has 3 nitrogen and oxygen atoms in total. The maximum Gasteiger partial charge on any atom is 0.136 e. The number of rotatable bonds is 6. The summed E-state index contributed by atoms with van der Waals surface area (Å²) in [5, 5.41) is 0. The highest BCUT2D eigenvalue weighted by Gasteiger charge is 2.11. The van der Waals surface area contributed by atoms with E-state index in [0.717, 1.165) is 21.5 Å². The van der Waals surface area contributed by atoms with Crippen LogP contribution in [0.5, 0.6) is 11.5 Å². The van der Waals surface area contributed by atoms with Gasteiger partial charge in [0, 0.05) is 17.1 Å². The Kier molecular flexibility index (Phi) is 5.44. The summed E-state index contributed by atoms with van der Waals surface area (Å²) in [6, 6.07) is 15.6. The monoisotopic (exact) mass is 335 g/mol. The minimum Gasteiger partial charge on any atom is -0.494 e. The quantitative estimate of drug-likeness (QED) is 0.869. The number of nitrogens with two attached hydrogens (primary N) is 1. The molecule has 0 aliphatic heterocycles. The van der Waals surface area contributed by atoms with Crippen molar-refractivity contribution in [1.29, 1.82) is 0 Å². The highest BCUT2D eigenvalue weighted by Crippen LogP contribution is 2.25. The lowest BCUT2D eigenvalue weighted by Gasteiger charge is -2.18. The third-order valence-electron chi connectivity index (χ3n) is 2.85. The van der Waals surface area contributed by atoms with Gasteiger partial charge in [-0.05, 0) is 36.8 Å². The molecule has 20 heavy (non-hydrogen) atoms. The molecule has 2 rings (SSSR count). The van der Waals surface area contributed by atoms with E-state index in [4.69, 9.17) is 15.2 Å². The second-order valence-corrected chi connectivity index (χ2v) is 5.22. The van der Waals surface area contributed by atoms with Gasteiger partial charge in [-0.3, -0.25) is 0 Å². The molecule has 0 saturated heterocycles. The first-order chi connectivity index (χ1) is 9.72. The van der Waals surface area contributed by atoms with E-state index in [1.807, 2.05) is 55.5 Å². The Bertz CT molecular complexity index is 542. The van der Waals surface area contributed by atoms with E-state index in [9.17, 15) is 0 Å². The lowest BCUT2D eigenvalue weighted by Crippen LogP contribution is -2.18. The van der Waals surface area contributed by atoms with Crippen molar-refractivity contribution in [3.63, 3.8) is 0 Å². The zero-order valence-corrected chi connectivity index (χ0v) is 13.0. The molecule has 0 aliphatic rings. The largest absolute Gasteiger partial charge is 0.494 e. The van der Waals surface area contributed by atoms with Crippen LogP contribution in [0.1, 0.15) is 18.6 Å². The van der Waals surface area contributed by atoms with Gasteiger partial charge in [0.25, 0.3) is 0 Å². The second-order valence-electron chi connectivity index (χ2n) is 4.30. The molecule has 0 bridgehead atoms. The highest BCUT2D eigenvalue weighted by molar-refractivity contribution is 9.10. The molecular formula is C16H18BrNO2. The van der Waals surface area contributed by atoms with Crippen LogP contribution in [-0.2, 0) is 0 Å². The molecule has 0 radical (unpaired) electrons. The molecule has 0 aliphatic carbocycles. The van der Waals surface area contributed by atoms with Crippen molar-refractivity contribution in [2.45, 2.75) is 13.0 Å². The minimum absolute atomic E-state index is 0.167. The summed E-state index contributed by atoms with van der Waals surface area (Å²) in [7, 11) is 0. The number of halogens is 1. The number of benzene rings is 2. The third kappa shape index (κ3) is 3.99. The van der Waals surface area contributed by atoms with Crippen LogP contribution in [0, 0.1) is 0 Å². The average molecular weight is 336 g/mol. The van der Waals surface area contributed by atoms with Crippen molar-refractivity contribution < 1.29 is 9.47 Å². The normalized spacial score (nSPS) is 11.9. The molecule has 0 aromatic heterocycles. The molecule has 0 heterocycles. The van der Waals surface area contributed by atoms with Crippen LogP contribution in [-0.4, -0.2) is 13.2 Å². The first kappa shape index (κ1) is 14.9. The first-order valence-corrected chi connectivity index (χ1v) is 7.37. The summed E-state index contributed by atoms with van der Waals surface area (Å²) in [5.74, 6) is 1.56. The van der Waals surface area contributed by atoms with E-state index in [-0.39, 0.29) is 6.10 Å².